The monoisotopic (exact) mass is 932 g/mol. The Morgan fingerprint density at radius 1 is 0.746 bits per heavy atom. The van der Waals surface area contributed by atoms with Crippen molar-refractivity contribution in [3.63, 3.8) is 0 Å². The topological polar surface area (TPSA) is 108 Å². The smallest absolute Gasteiger partial charge is 0.374 e. The predicted octanol–water partition coefficient (Wildman–Crippen LogP) is 12.7. The van der Waals surface area contributed by atoms with Gasteiger partial charge in [0.15, 0.2) is 8.82 Å². The van der Waals surface area contributed by atoms with Crippen LogP contribution in [0.15, 0.2) is 126 Å². The van der Waals surface area contributed by atoms with Crippen LogP contribution < -0.4 is 4.84 Å². The minimum atomic E-state index is -3.63. The van der Waals surface area contributed by atoms with E-state index in [2.05, 4.69) is 23.2 Å². The third kappa shape index (κ3) is 25.6. The fourth-order valence-electron chi connectivity index (χ4n) is 4.26. The summed E-state index contributed by atoms with van der Waals surface area (Å²) in [5.74, 6) is -9.06. The molecule has 326 valence electrons. The normalized spacial score (nSPS) is 11.8. The fourth-order valence-corrected chi connectivity index (χ4v) is 4.63. The van der Waals surface area contributed by atoms with Gasteiger partial charge < -0.3 is 20.2 Å². The van der Waals surface area contributed by atoms with Gasteiger partial charge in [0.05, 0.1) is 6.42 Å². The first kappa shape index (κ1) is 55.4. The SMILES string of the molecule is C1CCOC1.CC(Cl)(Cl)C(F)(F)CCc1ccccc1.FC(F)=C(Cl)Cl.O=C(CCc1ccccc1)On1ccccc1=S.O=C(O)C(F)(F)CCc1ccccc1.[OH-]. The third-order valence-electron chi connectivity index (χ3n) is 7.52. The van der Waals surface area contributed by atoms with Gasteiger partial charge in [-0.05, 0) is 67.9 Å². The molecule has 2 heterocycles. The van der Waals surface area contributed by atoms with Crippen LogP contribution in [-0.2, 0) is 33.6 Å². The summed E-state index contributed by atoms with van der Waals surface area (Å²) in [4.78, 5) is 26.9. The van der Waals surface area contributed by atoms with Crippen molar-refractivity contribution < 1.29 is 56.1 Å². The number of carbonyl (C=O) groups is 2. The van der Waals surface area contributed by atoms with Gasteiger partial charge in [0, 0.05) is 32.3 Å². The van der Waals surface area contributed by atoms with E-state index in [4.69, 9.17) is 50.1 Å². The van der Waals surface area contributed by atoms with Crippen LogP contribution in [0, 0.1) is 4.64 Å². The number of hydrogen-bond donors (Lipinski definition) is 1. The lowest BCUT2D eigenvalue weighted by Crippen LogP contribution is -2.35. The van der Waals surface area contributed by atoms with Gasteiger partial charge in [0.2, 0.25) is 0 Å². The summed E-state index contributed by atoms with van der Waals surface area (Å²) in [5.41, 5.74) is 2.69. The summed E-state index contributed by atoms with van der Waals surface area (Å²) in [6.45, 7) is 3.11. The van der Waals surface area contributed by atoms with E-state index in [-0.39, 0.29) is 30.7 Å². The minimum Gasteiger partial charge on any atom is -0.870 e. The molecule has 0 unspecified atom stereocenters. The molecule has 1 fully saturated rings. The van der Waals surface area contributed by atoms with Gasteiger partial charge in [0.25, 0.3) is 12.0 Å². The number of aliphatic carboxylic acids is 1. The van der Waals surface area contributed by atoms with Crippen molar-refractivity contribution in [3.05, 3.63) is 147 Å². The molecule has 59 heavy (non-hydrogen) atoms. The summed E-state index contributed by atoms with van der Waals surface area (Å²) >= 11 is 24.9. The third-order valence-corrected chi connectivity index (χ3v) is 8.67. The number of hydrogen-bond acceptors (Lipinski definition) is 6. The zero-order valence-corrected chi connectivity index (χ0v) is 35.5. The van der Waals surface area contributed by atoms with E-state index >= 15 is 0 Å². The minimum absolute atomic E-state index is 0. The van der Waals surface area contributed by atoms with E-state index in [0.29, 0.717) is 23.0 Å². The Hall–Kier alpha value is -3.63. The second kappa shape index (κ2) is 29.6. The number of carboxylic acids is 1. The van der Waals surface area contributed by atoms with E-state index in [9.17, 15) is 35.9 Å². The molecule has 0 atom stereocenters. The summed E-state index contributed by atoms with van der Waals surface area (Å²) in [5, 5.41) is 8.17. The summed E-state index contributed by atoms with van der Waals surface area (Å²) in [7, 11) is 0. The van der Waals surface area contributed by atoms with Crippen LogP contribution in [0.3, 0.4) is 0 Å². The maximum Gasteiger partial charge on any atom is 0.374 e. The van der Waals surface area contributed by atoms with Crippen molar-refractivity contribution in [3.8, 4) is 0 Å². The Bertz CT molecular complexity index is 1830. The van der Waals surface area contributed by atoms with Crippen LogP contribution in [0.25, 0.3) is 0 Å². The molecule has 18 heteroatoms. The average Bonchev–Trinajstić information content (AvgIpc) is 3.79. The number of ether oxygens (including phenoxy) is 1. The van der Waals surface area contributed by atoms with Crippen molar-refractivity contribution in [1.82, 2.24) is 4.73 Å². The van der Waals surface area contributed by atoms with Gasteiger partial charge in [0.1, 0.15) is 4.64 Å². The first-order valence-electron chi connectivity index (χ1n) is 17.6. The molecule has 0 aliphatic carbocycles. The lowest BCUT2D eigenvalue weighted by Gasteiger charge is -2.25. The number of benzene rings is 3. The Kier molecular flexibility index (Phi) is 27.7. The van der Waals surface area contributed by atoms with Crippen LogP contribution in [0.1, 0.15) is 55.7 Å². The largest absolute Gasteiger partial charge is 0.870 e. The Morgan fingerprint density at radius 3 is 1.51 bits per heavy atom. The molecule has 1 aliphatic rings. The van der Waals surface area contributed by atoms with E-state index in [1.165, 1.54) is 17.6 Å². The number of pyridine rings is 1. The highest BCUT2D eigenvalue weighted by Crippen LogP contribution is 2.41. The van der Waals surface area contributed by atoms with Crippen LogP contribution >= 0.6 is 58.6 Å². The quantitative estimate of drug-likeness (QED) is 0.0856. The second-order valence-electron chi connectivity index (χ2n) is 12.2. The lowest BCUT2D eigenvalue weighted by molar-refractivity contribution is -0.165. The number of aromatic nitrogens is 1. The van der Waals surface area contributed by atoms with Crippen molar-refractivity contribution in [2.75, 3.05) is 13.2 Å². The molecule has 0 spiro atoms. The highest BCUT2D eigenvalue weighted by Gasteiger charge is 2.47. The van der Waals surface area contributed by atoms with Crippen molar-refractivity contribution in [1.29, 1.82) is 0 Å². The number of rotatable bonds is 12. The van der Waals surface area contributed by atoms with Gasteiger partial charge in [-0.2, -0.15) is 22.3 Å². The number of aryl methyl sites for hydroxylation is 3. The lowest BCUT2D eigenvalue weighted by atomic mass is 10.0. The number of carbonyl (C=O) groups excluding carboxylic acids is 1. The van der Waals surface area contributed by atoms with Gasteiger partial charge in [-0.1, -0.05) is 156 Å². The molecule has 7 nitrogen and oxygen atoms in total. The predicted molar refractivity (Wildman–Crippen MR) is 222 cm³/mol. The number of alkyl halides is 6. The first-order chi connectivity index (χ1) is 27.2. The van der Waals surface area contributed by atoms with Crippen molar-refractivity contribution >= 4 is 70.6 Å². The van der Waals surface area contributed by atoms with Gasteiger partial charge in [-0.15, -0.1) is 0 Å². The maximum absolute atomic E-state index is 13.4. The summed E-state index contributed by atoms with van der Waals surface area (Å²) in [6.07, 6.45) is 2.47. The van der Waals surface area contributed by atoms with E-state index in [1.54, 1.807) is 66.9 Å². The van der Waals surface area contributed by atoms with Crippen LogP contribution in [-0.4, -0.2) is 56.6 Å². The Morgan fingerprint density at radius 2 is 1.15 bits per heavy atom. The summed E-state index contributed by atoms with van der Waals surface area (Å²) in [6, 6.07) is 32.8. The van der Waals surface area contributed by atoms with Gasteiger partial charge in [-0.3, -0.25) is 0 Å². The molecule has 2 N–H and O–H groups in total. The molecule has 3 aromatic carbocycles. The molecule has 0 saturated carbocycles. The molecule has 5 rings (SSSR count). The molecule has 0 amide bonds. The standard InChI is InChI=1S/C14H13NO2S.C11H12Cl2F2.C10H10F2O2.C4H8O.C2Cl2F2.H2O/c16-14(10-9-12-6-2-1-3-7-12)17-15-11-5-4-8-13(15)18;1-10(12,13)11(14,15)8-7-9-5-3-2-4-6-9;11-10(12,9(13)14)7-6-8-4-2-1-3-5-8;1-2-4-5-3-1;3-1(4)2(5)6;/h1-8,11H,9-10H2;2-6H,7-8H2,1H3;1-5H,6-7H2,(H,13,14);1-4H2;;1H2/p-1. The van der Waals surface area contributed by atoms with Gasteiger partial charge in [-0.25, -0.2) is 18.4 Å². The molecular weight excluding hydrogens is 890 g/mol. The number of carboxylic acid groups (broad SMARTS) is 1. The average molecular weight is 935 g/mol. The highest BCUT2D eigenvalue weighted by molar-refractivity contribution is 7.71. The molecule has 0 bridgehead atoms. The zero-order chi connectivity index (χ0) is 43.6. The molecular formula is C41H44Cl4F6NO6S-. The molecule has 1 aromatic heterocycles. The van der Waals surface area contributed by atoms with Crippen LogP contribution in [0.5, 0.6) is 0 Å². The van der Waals surface area contributed by atoms with Crippen molar-refractivity contribution in [2.24, 2.45) is 0 Å². The highest BCUT2D eigenvalue weighted by atomic mass is 35.5. The molecule has 1 saturated heterocycles. The van der Waals surface area contributed by atoms with Crippen LogP contribution in [0.2, 0.25) is 0 Å². The Labute approximate surface area is 364 Å². The van der Waals surface area contributed by atoms with Gasteiger partial charge >= 0.3 is 17.9 Å². The van der Waals surface area contributed by atoms with E-state index in [0.717, 1.165) is 31.3 Å². The first-order valence-corrected chi connectivity index (χ1v) is 19.5. The fraction of sp³-hybridized carbons (Fsp3) is 0.341. The van der Waals surface area contributed by atoms with E-state index < -0.39 is 39.1 Å². The zero-order valence-electron chi connectivity index (χ0n) is 31.7. The number of halogens is 10. The number of nitrogens with zero attached hydrogens (tertiary/aromatic N) is 1. The molecule has 4 aromatic rings. The Balaban J connectivity index is 0.000000755. The second-order valence-corrected chi connectivity index (χ2v) is 15.3. The van der Waals surface area contributed by atoms with E-state index in [1.807, 2.05) is 48.5 Å². The van der Waals surface area contributed by atoms with Crippen LogP contribution in [0.4, 0.5) is 26.3 Å². The summed E-state index contributed by atoms with van der Waals surface area (Å²) < 4.78 is 77.3. The molecule has 0 radical (unpaired) electrons. The maximum atomic E-state index is 13.4. The van der Waals surface area contributed by atoms with Crippen molar-refractivity contribution in [2.45, 2.75) is 74.5 Å². The molecule has 1 aliphatic heterocycles.